The Morgan fingerprint density at radius 3 is 2.90 bits per heavy atom. The summed E-state index contributed by atoms with van der Waals surface area (Å²) in [5.74, 6) is 0.998. The summed E-state index contributed by atoms with van der Waals surface area (Å²) in [4.78, 5) is 4.34. The fourth-order valence-corrected chi connectivity index (χ4v) is 1.88. The van der Waals surface area contributed by atoms with E-state index < -0.39 is 0 Å². The van der Waals surface area contributed by atoms with E-state index in [0.717, 1.165) is 11.1 Å². The minimum absolute atomic E-state index is 0.141. The first-order chi connectivity index (χ1) is 9.76. The number of nitrogens with zero attached hydrogens (tertiary/aromatic N) is 5. The Kier molecular flexibility index (Phi) is 3.26. The van der Waals surface area contributed by atoms with Crippen molar-refractivity contribution in [2.24, 2.45) is 0 Å². The molecule has 0 aliphatic carbocycles. The van der Waals surface area contributed by atoms with Gasteiger partial charge in [-0.15, -0.1) is 5.10 Å². The zero-order valence-corrected chi connectivity index (χ0v) is 10.9. The highest BCUT2D eigenvalue weighted by Crippen LogP contribution is 2.19. The van der Waals surface area contributed by atoms with Crippen molar-refractivity contribution in [2.75, 3.05) is 0 Å². The van der Waals surface area contributed by atoms with Crippen molar-refractivity contribution in [1.29, 1.82) is 0 Å². The number of hydrogen-bond donors (Lipinski definition) is 1. The van der Waals surface area contributed by atoms with Gasteiger partial charge < -0.3 is 9.63 Å². The summed E-state index contributed by atoms with van der Waals surface area (Å²) >= 11 is 0. The maximum Gasteiger partial charge on any atom is 0.248 e. The molecular formula is C13H13N5O2. The molecular weight excluding hydrogens is 258 g/mol. The van der Waals surface area contributed by atoms with Gasteiger partial charge in [-0.3, -0.25) is 0 Å². The molecule has 2 aromatic heterocycles. The van der Waals surface area contributed by atoms with Gasteiger partial charge in [0.1, 0.15) is 12.2 Å². The van der Waals surface area contributed by atoms with Crippen LogP contribution in [0, 0.1) is 6.92 Å². The summed E-state index contributed by atoms with van der Waals surface area (Å²) in [6.45, 7) is 2.18. The summed E-state index contributed by atoms with van der Waals surface area (Å²) in [5.41, 5.74) is 2.53. The first-order valence-corrected chi connectivity index (χ1v) is 6.14. The van der Waals surface area contributed by atoms with Crippen LogP contribution >= 0.6 is 0 Å². The van der Waals surface area contributed by atoms with E-state index in [0.29, 0.717) is 24.0 Å². The number of aliphatic hydroxyl groups excluding tert-OH is 1. The Morgan fingerprint density at radius 2 is 2.15 bits per heavy atom. The lowest BCUT2D eigenvalue weighted by molar-refractivity contribution is 0.276. The number of aromatic nitrogens is 5. The maximum atomic E-state index is 8.93. The van der Waals surface area contributed by atoms with E-state index in [4.69, 9.17) is 9.63 Å². The number of rotatable bonds is 4. The smallest absolute Gasteiger partial charge is 0.248 e. The first kappa shape index (κ1) is 12.5. The van der Waals surface area contributed by atoms with Crippen LogP contribution in [0.5, 0.6) is 0 Å². The third-order valence-electron chi connectivity index (χ3n) is 2.90. The van der Waals surface area contributed by atoms with E-state index in [2.05, 4.69) is 20.5 Å². The Hall–Kier alpha value is -2.54. The van der Waals surface area contributed by atoms with Crippen LogP contribution in [-0.4, -0.2) is 30.2 Å². The average Bonchev–Trinajstić information content (AvgIpc) is 3.09. The SMILES string of the molecule is Cc1ccccc1-c1noc(Cn2cc(CO)nn2)n1. The van der Waals surface area contributed by atoms with E-state index in [-0.39, 0.29) is 6.61 Å². The van der Waals surface area contributed by atoms with E-state index in [1.807, 2.05) is 31.2 Å². The molecule has 102 valence electrons. The quantitative estimate of drug-likeness (QED) is 0.766. The van der Waals surface area contributed by atoms with Gasteiger partial charge in [0.05, 0.1) is 12.8 Å². The van der Waals surface area contributed by atoms with E-state index in [1.165, 1.54) is 0 Å². The van der Waals surface area contributed by atoms with Crippen LogP contribution in [0.25, 0.3) is 11.4 Å². The lowest BCUT2D eigenvalue weighted by atomic mass is 10.1. The summed E-state index contributed by atoms with van der Waals surface area (Å²) in [6, 6.07) is 7.84. The van der Waals surface area contributed by atoms with Gasteiger partial charge in [0.25, 0.3) is 0 Å². The number of aryl methyl sites for hydroxylation is 1. The second-order valence-corrected chi connectivity index (χ2v) is 4.39. The van der Waals surface area contributed by atoms with Crippen molar-refractivity contribution in [2.45, 2.75) is 20.1 Å². The van der Waals surface area contributed by atoms with Crippen molar-refractivity contribution in [1.82, 2.24) is 25.1 Å². The second-order valence-electron chi connectivity index (χ2n) is 4.39. The van der Waals surface area contributed by atoms with Gasteiger partial charge in [-0.1, -0.05) is 34.6 Å². The molecule has 0 bridgehead atoms. The van der Waals surface area contributed by atoms with Gasteiger partial charge in [0.2, 0.25) is 11.7 Å². The molecule has 0 aliphatic rings. The van der Waals surface area contributed by atoms with Crippen molar-refractivity contribution in [3.8, 4) is 11.4 Å². The zero-order chi connectivity index (χ0) is 13.9. The predicted molar refractivity (Wildman–Crippen MR) is 69.5 cm³/mol. The molecule has 0 aliphatic heterocycles. The Balaban J connectivity index is 1.82. The van der Waals surface area contributed by atoms with Gasteiger partial charge in [-0.05, 0) is 12.5 Å². The van der Waals surface area contributed by atoms with Crippen molar-refractivity contribution < 1.29 is 9.63 Å². The fraction of sp³-hybridized carbons (Fsp3) is 0.231. The Morgan fingerprint density at radius 1 is 1.30 bits per heavy atom. The van der Waals surface area contributed by atoms with Crippen LogP contribution in [0.15, 0.2) is 35.0 Å². The van der Waals surface area contributed by atoms with Crippen molar-refractivity contribution in [3.63, 3.8) is 0 Å². The third-order valence-corrected chi connectivity index (χ3v) is 2.90. The van der Waals surface area contributed by atoms with Crippen LogP contribution in [0.2, 0.25) is 0 Å². The molecule has 2 heterocycles. The summed E-state index contributed by atoms with van der Waals surface area (Å²) in [5, 5.41) is 20.6. The molecule has 3 rings (SSSR count). The zero-order valence-electron chi connectivity index (χ0n) is 10.9. The van der Waals surface area contributed by atoms with Crippen LogP contribution < -0.4 is 0 Å². The van der Waals surface area contributed by atoms with Crippen LogP contribution in [0.1, 0.15) is 17.1 Å². The van der Waals surface area contributed by atoms with Crippen LogP contribution in [0.3, 0.4) is 0 Å². The van der Waals surface area contributed by atoms with Gasteiger partial charge >= 0.3 is 0 Å². The summed E-state index contributed by atoms with van der Waals surface area (Å²) < 4.78 is 6.75. The molecule has 1 aromatic carbocycles. The first-order valence-electron chi connectivity index (χ1n) is 6.14. The van der Waals surface area contributed by atoms with Gasteiger partial charge in [0.15, 0.2) is 0 Å². The van der Waals surface area contributed by atoms with Gasteiger partial charge in [-0.25, -0.2) is 4.68 Å². The van der Waals surface area contributed by atoms with Crippen molar-refractivity contribution in [3.05, 3.63) is 47.6 Å². The van der Waals surface area contributed by atoms with Gasteiger partial charge in [-0.2, -0.15) is 4.98 Å². The minimum Gasteiger partial charge on any atom is -0.390 e. The van der Waals surface area contributed by atoms with Gasteiger partial charge in [0, 0.05) is 5.56 Å². The largest absolute Gasteiger partial charge is 0.390 e. The standard InChI is InChI=1S/C13H13N5O2/c1-9-4-2-3-5-11(9)13-14-12(20-16-13)7-18-6-10(8-19)15-17-18/h2-6,19H,7-8H2,1H3. The molecule has 3 aromatic rings. The molecule has 0 amide bonds. The highest BCUT2D eigenvalue weighted by atomic mass is 16.5. The normalized spacial score (nSPS) is 10.9. The van der Waals surface area contributed by atoms with E-state index in [9.17, 15) is 0 Å². The number of aliphatic hydroxyl groups is 1. The molecule has 0 saturated heterocycles. The van der Waals surface area contributed by atoms with Crippen molar-refractivity contribution >= 4 is 0 Å². The summed E-state index contributed by atoms with van der Waals surface area (Å²) in [6.07, 6.45) is 1.64. The third kappa shape index (κ3) is 2.43. The number of hydrogen-bond acceptors (Lipinski definition) is 6. The molecule has 0 atom stereocenters. The Bertz CT molecular complexity index is 719. The van der Waals surface area contributed by atoms with E-state index in [1.54, 1.807) is 10.9 Å². The molecule has 0 unspecified atom stereocenters. The van der Waals surface area contributed by atoms with Crippen LogP contribution in [-0.2, 0) is 13.2 Å². The predicted octanol–water partition coefficient (Wildman–Crippen LogP) is 1.18. The number of benzene rings is 1. The van der Waals surface area contributed by atoms with Crippen LogP contribution in [0.4, 0.5) is 0 Å². The molecule has 0 saturated carbocycles. The molecule has 1 N–H and O–H groups in total. The van der Waals surface area contributed by atoms with E-state index >= 15 is 0 Å². The highest BCUT2D eigenvalue weighted by Gasteiger charge is 2.11. The molecule has 20 heavy (non-hydrogen) atoms. The maximum absolute atomic E-state index is 8.93. The molecule has 7 heteroatoms. The highest BCUT2D eigenvalue weighted by molar-refractivity contribution is 5.58. The molecule has 7 nitrogen and oxygen atoms in total. The average molecular weight is 271 g/mol. The molecule has 0 radical (unpaired) electrons. The molecule has 0 fully saturated rings. The molecule has 0 spiro atoms. The monoisotopic (exact) mass is 271 g/mol. The lowest BCUT2D eigenvalue weighted by Crippen LogP contribution is -2.00. The second kappa shape index (κ2) is 5.22. The summed E-state index contributed by atoms with van der Waals surface area (Å²) in [7, 11) is 0. The lowest BCUT2D eigenvalue weighted by Gasteiger charge is -1.98. The topological polar surface area (TPSA) is 89.9 Å². The fourth-order valence-electron chi connectivity index (χ4n) is 1.88. The Labute approximate surface area is 114 Å². The minimum atomic E-state index is -0.141.